The molecule has 2 N–H and O–H groups in total. The first kappa shape index (κ1) is 19.1. The molecule has 0 unspecified atom stereocenters. The molecule has 1 aromatic rings. The molecule has 128 valence electrons. The van der Waals surface area contributed by atoms with E-state index in [4.69, 9.17) is 9.26 Å². The zero-order chi connectivity index (χ0) is 17.1. The van der Waals surface area contributed by atoms with E-state index in [1.165, 1.54) is 6.07 Å². The molecule has 0 saturated heterocycles. The lowest BCUT2D eigenvalue weighted by Crippen LogP contribution is -2.28. The summed E-state index contributed by atoms with van der Waals surface area (Å²) in [5, 5.41) is 8.88. The number of amides is 2. The number of nitrogens with one attached hydrogen (secondary N) is 2. The van der Waals surface area contributed by atoms with Crippen molar-refractivity contribution in [2.24, 2.45) is 0 Å². The Hall–Kier alpha value is -1.90. The zero-order valence-corrected chi connectivity index (χ0v) is 14.5. The molecule has 1 aromatic heterocycles. The first-order chi connectivity index (χ1) is 11.0. The van der Waals surface area contributed by atoms with E-state index in [1.807, 2.05) is 0 Å². The molecule has 2 amide bonds. The SMILES string of the molecule is CCOC(=O)CCCNC(=O)CCCNC(=O)c1cc(Br)no1. The Bertz CT molecular complexity index is 532. The van der Waals surface area contributed by atoms with Gasteiger partial charge in [-0.05, 0) is 35.7 Å². The van der Waals surface area contributed by atoms with Gasteiger partial charge in [-0.15, -0.1) is 0 Å². The maximum Gasteiger partial charge on any atom is 0.305 e. The fourth-order valence-electron chi connectivity index (χ4n) is 1.68. The van der Waals surface area contributed by atoms with E-state index in [1.54, 1.807) is 6.92 Å². The Morgan fingerprint density at radius 3 is 2.57 bits per heavy atom. The molecule has 0 aliphatic heterocycles. The minimum absolute atomic E-state index is 0.111. The van der Waals surface area contributed by atoms with E-state index in [0.717, 1.165) is 0 Å². The molecule has 1 rings (SSSR count). The van der Waals surface area contributed by atoms with Crippen molar-refractivity contribution in [2.45, 2.75) is 32.6 Å². The maximum absolute atomic E-state index is 11.6. The fraction of sp³-hybridized carbons (Fsp3) is 0.571. The van der Waals surface area contributed by atoms with Gasteiger partial charge in [0.2, 0.25) is 11.7 Å². The van der Waals surface area contributed by atoms with Crippen LogP contribution < -0.4 is 10.6 Å². The summed E-state index contributed by atoms with van der Waals surface area (Å²) in [6.07, 6.45) is 1.63. The normalized spacial score (nSPS) is 10.2. The third kappa shape index (κ3) is 8.34. The highest BCUT2D eigenvalue weighted by atomic mass is 79.9. The van der Waals surface area contributed by atoms with Crippen molar-refractivity contribution < 1.29 is 23.6 Å². The summed E-state index contributed by atoms with van der Waals surface area (Å²) in [4.78, 5) is 34.3. The first-order valence-electron chi connectivity index (χ1n) is 7.35. The number of carbonyl (C=O) groups excluding carboxylic acids is 3. The molecule has 1 heterocycles. The predicted octanol–water partition coefficient (Wildman–Crippen LogP) is 1.41. The molecule has 0 radical (unpaired) electrons. The van der Waals surface area contributed by atoms with Crippen LogP contribution in [0.2, 0.25) is 0 Å². The Kier molecular flexibility index (Phi) is 8.96. The van der Waals surface area contributed by atoms with Crippen molar-refractivity contribution in [1.82, 2.24) is 15.8 Å². The molecule has 0 fully saturated rings. The van der Waals surface area contributed by atoms with Gasteiger partial charge in [-0.1, -0.05) is 5.16 Å². The van der Waals surface area contributed by atoms with Gasteiger partial charge in [0, 0.05) is 32.0 Å². The smallest absolute Gasteiger partial charge is 0.305 e. The third-order valence-corrected chi connectivity index (χ3v) is 3.13. The summed E-state index contributed by atoms with van der Waals surface area (Å²) in [5.74, 6) is -0.646. The summed E-state index contributed by atoms with van der Waals surface area (Å²) >= 11 is 3.08. The summed E-state index contributed by atoms with van der Waals surface area (Å²) in [6.45, 7) is 2.89. The number of rotatable bonds is 10. The second-order valence-electron chi connectivity index (χ2n) is 4.63. The van der Waals surface area contributed by atoms with Gasteiger partial charge >= 0.3 is 5.97 Å². The second kappa shape index (κ2) is 10.8. The molecule has 9 heteroatoms. The van der Waals surface area contributed by atoms with Gasteiger partial charge in [0.25, 0.3) is 5.91 Å². The van der Waals surface area contributed by atoms with Crippen LogP contribution in [0, 0.1) is 0 Å². The van der Waals surface area contributed by atoms with Gasteiger partial charge < -0.3 is 19.9 Å². The summed E-state index contributed by atoms with van der Waals surface area (Å²) < 4.78 is 10.0. The largest absolute Gasteiger partial charge is 0.466 e. The summed E-state index contributed by atoms with van der Waals surface area (Å²) in [7, 11) is 0. The number of hydrogen-bond acceptors (Lipinski definition) is 6. The van der Waals surface area contributed by atoms with Crippen LogP contribution >= 0.6 is 15.9 Å². The van der Waals surface area contributed by atoms with Crippen LogP contribution in [-0.2, 0) is 14.3 Å². The number of ether oxygens (including phenoxy) is 1. The van der Waals surface area contributed by atoms with E-state index in [2.05, 4.69) is 31.7 Å². The van der Waals surface area contributed by atoms with Crippen molar-refractivity contribution in [3.63, 3.8) is 0 Å². The molecule has 0 aromatic carbocycles. The number of hydrogen-bond donors (Lipinski definition) is 2. The van der Waals surface area contributed by atoms with Gasteiger partial charge in [-0.3, -0.25) is 14.4 Å². The third-order valence-electron chi connectivity index (χ3n) is 2.76. The number of carbonyl (C=O) groups is 3. The minimum atomic E-state index is -0.377. The van der Waals surface area contributed by atoms with E-state index in [-0.39, 0.29) is 30.0 Å². The van der Waals surface area contributed by atoms with Crippen molar-refractivity contribution in [2.75, 3.05) is 19.7 Å². The Labute approximate surface area is 142 Å². The Balaban J connectivity index is 2.03. The molecule has 0 aliphatic rings. The molecular formula is C14H20BrN3O5. The lowest BCUT2D eigenvalue weighted by atomic mass is 10.2. The molecular weight excluding hydrogens is 370 g/mol. The van der Waals surface area contributed by atoms with E-state index in [9.17, 15) is 14.4 Å². The minimum Gasteiger partial charge on any atom is -0.466 e. The average Bonchev–Trinajstić information content (AvgIpc) is 2.95. The highest BCUT2D eigenvalue weighted by molar-refractivity contribution is 9.10. The molecule has 0 spiro atoms. The van der Waals surface area contributed by atoms with E-state index >= 15 is 0 Å². The van der Waals surface area contributed by atoms with Crippen LogP contribution in [0.15, 0.2) is 15.2 Å². The van der Waals surface area contributed by atoms with Crippen LogP contribution in [0.1, 0.15) is 43.2 Å². The van der Waals surface area contributed by atoms with Crippen LogP contribution in [-0.4, -0.2) is 42.6 Å². The van der Waals surface area contributed by atoms with Crippen LogP contribution in [0.5, 0.6) is 0 Å². The van der Waals surface area contributed by atoms with Crippen LogP contribution in [0.4, 0.5) is 0 Å². The van der Waals surface area contributed by atoms with E-state index < -0.39 is 0 Å². The number of nitrogens with zero attached hydrogens (tertiary/aromatic N) is 1. The van der Waals surface area contributed by atoms with Crippen LogP contribution in [0.3, 0.4) is 0 Å². The second-order valence-corrected chi connectivity index (χ2v) is 5.44. The number of esters is 1. The molecule has 0 bridgehead atoms. The molecule has 8 nitrogen and oxygen atoms in total. The van der Waals surface area contributed by atoms with Crippen molar-refractivity contribution >= 4 is 33.7 Å². The molecule has 0 atom stereocenters. The van der Waals surface area contributed by atoms with Gasteiger partial charge in [-0.25, -0.2) is 0 Å². The van der Waals surface area contributed by atoms with E-state index in [0.29, 0.717) is 43.6 Å². The van der Waals surface area contributed by atoms with Crippen molar-refractivity contribution in [3.8, 4) is 0 Å². The quantitative estimate of drug-likeness (QED) is 0.462. The van der Waals surface area contributed by atoms with Gasteiger partial charge in [-0.2, -0.15) is 0 Å². The standard InChI is InChI=1S/C14H20BrN3O5/c1-2-22-13(20)6-4-7-16-12(19)5-3-8-17-14(21)10-9-11(15)18-23-10/h9H,2-8H2,1H3,(H,16,19)(H,17,21). The average molecular weight is 390 g/mol. The molecule has 0 saturated carbocycles. The Morgan fingerprint density at radius 1 is 1.22 bits per heavy atom. The van der Waals surface area contributed by atoms with Crippen molar-refractivity contribution in [1.29, 1.82) is 0 Å². The number of aromatic nitrogens is 1. The lowest BCUT2D eigenvalue weighted by molar-refractivity contribution is -0.143. The topological polar surface area (TPSA) is 111 Å². The molecule has 23 heavy (non-hydrogen) atoms. The lowest BCUT2D eigenvalue weighted by Gasteiger charge is -2.06. The zero-order valence-electron chi connectivity index (χ0n) is 12.9. The summed E-state index contributed by atoms with van der Waals surface area (Å²) in [5.41, 5.74) is 0. The summed E-state index contributed by atoms with van der Waals surface area (Å²) in [6, 6.07) is 1.46. The van der Waals surface area contributed by atoms with Gasteiger partial charge in [0.05, 0.1) is 6.61 Å². The highest BCUT2D eigenvalue weighted by Gasteiger charge is 2.11. The van der Waals surface area contributed by atoms with Gasteiger partial charge in [0.15, 0.2) is 0 Å². The first-order valence-corrected chi connectivity index (χ1v) is 8.15. The van der Waals surface area contributed by atoms with Gasteiger partial charge in [0.1, 0.15) is 4.60 Å². The monoisotopic (exact) mass is 389 g/mol. The maximum atomic E-state index is 11.6. The number of halogens is 1. The fourth-order valence-corrected chi connectivity index (χ4v) is 1.96. The van der Waals surface area contributed by atoms with Crippen molar-refractivity contribution in [3.05, 3.63) is 16.4 Å². The van der Waals surface area contributed by atoms with Crippen LogP contribution in [0.25, 0.3) is 0 Å². The predicted molar refractivity (Wildman–Crippen MR) is 84.6 cm³/mol. The Morgan fingerprint density at radius 2 is 1.91 bits per heavy atom. The molecule has 0 aliphatic carbocycles. The highest BCUT2D eigenvalue weighted by Crippen LogP contribution is 2.09.